The lowest BCUT2D eigenvalue weighted by atomic mass is 9.77. The zero-order chi connectivity index (χ0) is 13.0. The van der Waals surface area contributed by atoms with Crippen molar-refractivity contribution in [1.29, 1.82) is 0 Å². The molecule has 1 saturated heterocycles. The van der Waals surface area contributed by atoms with Gasteiger partial charge in [0.2, 0.25) is 5.91 Å². The van der Waals surface area contributed by atoms with Gasteiger partial charge in [0.05, 0.1) is 6.04 Å². The first-order valence-corrected chi connectivity index (χ1v) is 6.65. The Bertz CT molecular complexity index is 400. The van der Waals surface area contributed by atoms with Crippen molar-refractivity contribution < 1.29 is 4.79 Å². The van der Waals surface area contributed by atoms with E-state index in [1.165, 1.54) is 0 Å². The van der Waals surface area contributed by atoms with Crippen molar-refractivity contribution in [3.05, 3.63) is 35.9 Å². The Hall–Kier alpha value is -1.35. The summed E-state index contributed by atoms with van der Waals surface area (Å²) in [6.45, 7) is 5.86. The lowest BCUT2D eigenvalue weighted by Crippen LogP contribution is -2.55. The van der Waals surface area contributed by atoms with E-state index in [0.717, 1.165) is 24.9 Å². The maximum absolute atomic E-state index is 12.2. The molecule has 0 saturated carbocycles. The van der Waals surface area contributed by atoms with Gasteiger partial charge >= 0.3 is 0 Å². The van der Waals surface area contributed by atoms with Crippen molar-refractivity contribution >= 4 is 5.91 Å². The highest BCUT2D eigenvalue weighted by Gasteiger charge is 2.36. The van der Waals surface area contributed by atoms with Crippen LogP contribution < -0.4 is 10.6 Å². The molecule has 1 heterocycles. The van der Waals surface area contributed by atoms with Gasteiger partial charge in [0, 0.05) is 6.54 Å². The number of amides is 1. The highest BCUT2D eigenvalue weighted by atomic mass is 16.2. The number of rotatable bonds is 3. The summed E-state index contributed by atoms with van der Waals surface area (Å²) in [6.07, 6.45) is 2.25. The molecule has 0 spiro atoms. The van der Waals surface area contributed by atoms with Crippen LogP contribution in [0.3, 0.4) is 0 Å². The lowest BCUT2D eigenvalue weighted by Gasteiger charge is -2.38. The minimum absolute atomic E-state index is 0.0407. The van der Waals surface area contributed by atoms with Crippen molar-refractivity contribution in [2.75, 3.05) is 6.54 Å². The van der Waals surface area contributed by atoms with Gasteiger partial charge in [0.25, 0.3) is 0 Å². The summed E-state index contributed by atoms with van der Waals surface area (Å²) < 4.78 is 0. The van der Waals surface area contributed by atoms with Crippen LogP contribution in [0, 0.1) is 5.41 Å². The standard InChI is InChI=1S/C15H22N2O/c1-15(2)9-6-10-16-13(15)14(18)17-11-12-7-4-3-5-8-12/h3-5,7-8,13,16H,6,9-11H2,1-2H3,(H,17,18). The molecule has 18 heavy (non-hydrogen) atoms. The van der Waals surface area contributed by atoms with Crippen molar-refractivity contribution in [2.45, 2.75) is 39.3 Å². The number of piperidine rings is 1. The smallest absolute Gasteiger partial charge is 0.237 e. The van der Waals surface area contributed by atoms with Gasteiger partial charge in [-0.15, -0.1) is 0 Å². The van der Waals surface area contributed by atoms with Gasteiger partial charge in [0.1, 0.15) is 0 Å². The monoisotopic (exact) mass is 246 g/mol. The first-order chi connectivity index (χ1) is 8.59. The second-order valence-electron chi connectivity index (χ2n) is 5.68. The van der Waals surface area contributed by atoms with Crippen LogP contribution in [0.4, 0.5) is 0 Å². The quantitative estimate of drug-likeness (QED) is 0.857. The van der Waals surface area contributed by atoms with Gasteiger partial charge in [-0.05, 0) is 30.4 Å². The zero-order valence-electron chi connectivity index (χ0n) is 11.2. The predicted molar refractivity (Wildman–Crippen MR) is 73.1 cm³/mol. The van der Waals surface area contributed by atoms with Crippen LogP contribution in [-0.2, 0) is 11.3 Å². The molecule has 1 fully saturated rings. The third-order valence-corrected chi connectivity index (χ3v) is 3.70. The van der Waals surface area contributed by atoms with Gasteiger partial charge in [0.15, 0.2) is 0 Å². The number of carbonyl (C=O) groups excluding carboxylic acids is 1. The summed E-state index contributed by atoms with van der Waals surface area (Å²) in [5, 5.41) is 6.36. The summed E-state index contributed by atoms with van der Waals surface area (Å²) in [4.78, 5) is 12.2. The van der Waals surface area contributed by atoms with Crippen LogP contribution in [-0.4, -0.2) is 18.5 Å². The fraction of sp³-hybridized carbons (Fsp3) is 0.533. The number of nitrogens with one attached hydrogen (secondary N) is 2. The first kappa shape index (κ1) is 13.1. The molecule has 0 bridgehead atoms. The topological polar surface area (TPSA) is 41.1 Å². The Morgan fingerprint density at radius 3 is 2.78 bits per heavy atom. The maximum atomic E-state index is 12.2. The van der Waals surface area contributed by atoms with E-state index in [0.29, 0.717) is 6.54 Å². The van der Waals surface area contributed by atoms with Crippen LogP contribution in [0.25, 0.3) is 0 Å². The van der Waals surface area contributed by atoms with Crippen molar-refractivity contribution in [3.8, 4) is 0 Å². The number of hydrogen-bond donors (Lipinski definition) is 2. The Kier molecular flexibility index (Phi) is 4.02. The molecule has 1 aromatic carbocycles. The molecule has 1 amide bonds. The van der Waals surface area contributed by atoms with E-state index in [4.69, 9.17) is 0 Å². The molecule has 98 valence electrons. The maximum Gasteiger partial charge on any atom is 0.237 e. The van der Waals surface area contributed by atoms with Gasteiger partial charge in [-0.1, -0.05) is 44.2 Å². The fourth-order valence-electron chi connectivity index (χ4n) is 2.55. The summed E-state index contributed by atoms with van der Waals surface area (Å²) in [6, 6.07) is 9.94. The number of carbonyl (C=O) groups is 1. The van der Waals surface area contributed by atoms with E-state index in [9.17, 15) is 4.79 Å². The van der Waals surface area contributed by atoms with Crippen LogP contribution in [0.15, 0.2) is 30.3 Å². The summed E-state index contributed by atoms with van der Waals surface area (Å²) in [5.74, 6) is 0.114. The molecular formula is C15H22N2O. The minimum Gasteiger partial charge on any atom is -0.351 e. The molecule has 0 radical (unpaired) electrons. The molecule has 3 heteroatoms. The fourth-order valence-corrected chi connectivity index (χ4v) is 2.55. The molecule has 0 aliphatic carbocycles. The number of benzene rings is 1. The van der Waals surface area contributed by atoms with E-state index in [2.05, 4.69) is 24.5 Å². The molecule has 1 unspecified atom stereocenters. The molecule has 1 aromatic rings. The Morgan fingerprint density at radius 2 is 2.11 bits per heavy atom. The van der Waals surface area contributed by atoms with Crippen LogP contribution in [0.1, 0.15) is 32.3 Å². The van der Waals surface area contributed by atoms with Crippen LogP contribution in [0.5, 0.6) is 0 Å². The second-order valence-corrected chi connectivity index (χ2v) is 5.68. The average Bonchev–Trinajstić information content (AvgIpc) is 2.37. The third kappa shape index (κ3) is 3.10. The first-order valence-electron chi connectivity index (χ1n) is 6.65. The summed E-state index contributed by atoms with van der Waals surface area (Å²) in [7, 11) is 0. The summed E-state index contributed by atoms with van der Waals surface area (Å²) in [5.41, 5.74) is 1.18. The van der Waals surface area contributed by atoms with E-state index in [1.807, 2.05) is 30.3 Å². The van der Waals surface area contributed by atoms with Crippen LogP contribution >= 0.6 is 0 Å². The predicted octanol–water partition coefficient (Wildman–Crippen LogP) is 2.08. The Balaban J connectivity index is 1.91. The minimum atomic E-state index is -0.0741. The van der Waals surface area contributed by atoms with E-state index in [-0.39, 0.29) is 17.4 Å². The molecule has 1 aliphatic rings. The average molecular weight is 246 g/mol. The molecule has 2 N–H and O–H groups in total. The van der Waals surface area contributed by atoms with Gasteiger partial charge in [-0.25, -0.2) is 0 Å². The van der Waals surface area contributed by atoms with Gasteiger partial charge in [-0.3, -0.25) is 4.79 Å². The zero-order valence-corrected chi connectivity index (χ0v) is 11.2. The SMILES string of the molecule is CC1(C)CCCNC1C(=O)NCc1ccccc1. The number of hydrogen-bond acceptors (Lipinski definition) is 2. The Morgan fingerprint density at radius 1 is 1.39 bits per heavy atom. The van der Waals surface area contributed by atoms with Crippen LogP contribution in [0.2, 0.25) is 0 Å². The summed E-state index contributed by atoms with van der Waals surface area (Å²) >= 11 is 0. The highest BCUT2D eigenvalue weighted by Crippen LogP contribution is 2.30. The molecule has 1 atom stereocenters. The Labute approximate surface area is 109 Å². The van der Waals surface area contributed by atoms with Gasteiger partial charge in [-0.2, -0.15) is 0 Å². The molecule has 0 aromatic heterocycles. The lowest BCUT2D eigenvalue weighted by molar-refractivity contribution is -0.126. The third-order valence-electron chi connectivity index (χ3n) is 3.70. The van der Waals surface area contributed by atoms with Crippen molar-refractivity contribution in [1.82, 2.24) is 10.6 Å². The second kappa shape index (κ2) is 5.53. The van der Waals surface area contributed by atoms with E-state index >= 15 is 0 Å². The highest BCUT2D eigenvalue weighted by molar-refractivity contribution is 5.82. The van der Waals surface area contributed by atoms with E-state index in [1.54, 1.807) is 0 Å². The molecule has 1 aliphatic heterocycles. The normalized spacial score (nSPS) is 22.4. The van der Waals surface area contributed by atoms with Crippen molar-refractivity contribution in [2.24, 2.45) is 5.41 Å². The molecule has 2 rings (SSSR count). The largest absolute Gasteiger partial charge is 0.351 e. The molecule has 3 nitrogen and oxygen atoms in total. The van der Waals surface area contributed by atoms with Crippen molar-refractivity contribution in [3.63, 3.8) is 0 Å². The molecular weight excluding hydrogens is 224 g/mol. The van der Waals surface area contributed by atoms with E-state index < -0.39 is 0 Å². The van der Waals surface area contributed by atoms with Gasteiger partial charge < -0.3 is 10.6 Å².